The second-order valence-electron chi connectivity index (χ2n) is 1.74. The number of hydrogen-bond acceptors (Lipinski definition) is 3. The minimum absolute atomic E-state index is 0.321. The molecule has 3 nitrogen and oxygen atoms in total. The average molecular weight is 128 g/mol. The van der Waals surface area contributed by atoms with Gasteiger partial charge < -0.3 is 9.47 Å². The standard InChI is InChI=1S/C6H8O3/c1-5-6(4-7)9-3-2-8-5/h4H,2-3H2,1H3. The molecule has 1 heterocycles. The van der Waals surface area contributed by atoms with Crippen molar-refractivity contribution in [3.63, 3.8) is 0 Å². The molecule has 0 radical (unpaired) electrons. The van der Waals surface area contributed by atoms with E-state index >= 15 is 0 Å². The molecular weight excluding hydrogens is 120 g/mol. The Balaban J connectivity index is 2.70. The molecule has 0 spiro atoms. The Morgan fingerprint density at radius 2 is 2.11 bits per heavy atom. The van der Waals surface area contributed by atoms with Gasteiger partial charge in [-0.15, -0.1) is 0 Å². The summed E-state index contributed by atoms with van der Waals surface area (Å²) in [6, 6.07) is 0. The molecule has 50 valence electrons. The van der Waals surface area contributed by atoms with Crippen LogP contribution in [0.3, 0.4) is 0 Å². The van der Waals surface area contributed by atoms with E-state index in [4.69, 9.17) is 9.47 Å². The van der Waals surface area contributed by atoms with E-state index in [0.29, 0.717) is 31.0 Å². The lowest BCUT2D eigenvalue weighted by Gasteiger charge is -2.15. The van der Waals surface area contributed by atoms with E-state index in [1.54, 1.807) is 6.92 Å². The van der Waals surface area contributed by atoms with E-state index < -0.39 is 0 Å². The molecule has 0 aromatic carbocycles. The molecule has 1 aliphatic rings. The topological polar surface area (TPSA) is 35.5 Å². The van der Waals surface area contributed by atoms with Crippen molar-refractivity contribution >= 4 is 6.29 Å². The number of carbonyl (C=O) groups is 1. The van der Waals surface area contributed by atoms with E-state index in [1.807, 2.05) is 0 Å². The number of ether oxygens (including phenoxy) is 2. The third-order valence-electron chi connectivity index (χ3n) is 1.11. The van der Waals surface area contributed by atoms with E-state index in [0.717, 1.165) is 0 Å². The summed E-state index contributed by atoms with van der Waals surface area (Å²) in [6.45, 7) is 2.73. The van der Waals surface area contributed by atoms with Gasteiger partial charge >= 0.3 is 0 Å². The van der Waals surface area contributed by atoms with Crippen LogP contribution in [-0.2, 0) is 14.3 Å². The van der Waals surface area contributed by atoms with Gasteiger partial charge in [-0.25, -0.2) is 0 Å². The van der Waals surface area contributed by atoms with Crippen molar-refractivity contribution in [3.8, 4) is 0 Å². The lowest BCUT2D eigenvalue weighted by atomic mass is 10.4. The Morgan fingerprint density at radius 3 is 2.56 bits per heavy atom. The zero-order chi connectivity index (χ0) is 6.69. The quantitative estimate of drug-likeness (QED) is 0.481. The summed E-state index contributed by atoms with van der Waals surface area (Å²) < 4.78 is 9.93. The fourth-order valence-corrected chi connectivity index (χ4v) is 0.636. The largest absolute Gasteiger partial charge is 0.491 e. The summed E-state index contributed by atoms with van der Waals surface area (Å²) in [5.41, 5.74) is 0. The number of carbonyl (C=O) groups excluding carboxylic acids is 1. The fraction of sp³-hybridized carbons (Fsp3) is 0.500. The zero-order valence-corrected chi connectivity index (χ0v) is 5.22. The molecule has 0 saturated heterocycles. The minimum atomic E-state index is 0.321. The predicted molar refractivity (Wildman–Crippen MR) is 30.7 cm³/mol. The molecule has 0 saturated carbocycles. The highest BCUT2D eigenvalue weighted by atomic mass is 16.6. The molecule has 0 aromatic heterocycles. The molecule has 0 fully saturated rings. The van der Waals surface area contributed by atoms with E-state index in [9.17, 15) is 4.79 Å². The van der Waals surface area contributed by atoms with Crippen LogP contribution in [-0.4, -0.2) is 19.5 Å². The lowest BCUT2D eigenvalue weighted by molar-refractivity contribution is -0.109. The van der Waals surface area contributed by atoms with Gasteiger partial charge in [-0.3, -0.25) is 4.79 Å². The third-order valence-corrected chi connectivity index (χ3v) is 1.11. The van der Waals surface area contributed by atoms with Crippen molar-refractivity contribution in [1.29, 1.82) is 0 Å². The lowest BCUT2D eigenvalue weighted by Crippen LogP contribution is -2.12. The number of allylic oxidation sites excluding steroid dienone is 2. The molecule has 1 rings (SSSR count). The van der Waals surface area contributed by atoms with Gasteiger partial charge in [-0.1, -0.05) is 0 Å². The van der Waals surface area contributed by atoms with Crippen LogP contribution in [0, 0.1) is 0 Å². The summed E-state index contributed by atoms with van der Waals surface area (Å²) in [6.07, 6.45) is 0.661. The van der Waals surface area contributed by atoms with Crippen LogP contribution < -0.4 is 0 Å². The van der Waals surface area contributed by atoms with Crippen molar-refractivity contribution in [2.24, 2.45) is 0 Å². The van der Waals surface area contributed by atoms with Gasteiger partial charge in [0.2, 0.25) is 0 Å². The number of aldehydes is 1. The van der Waals surface area contributed by atoms with Gasteiger partial charge in [-0.05, 0) is 6.92 Å². The smallest absolute Gasteiger partial charge is 0.196 e. The maximum Gasteiger partial charge on any atom is 0.196 e. The molecular formula is C6H8O3. The Kier molecular flexibility index (Phi) is 1.72. The molecule has 0 amide bonds. The Hall–Kier alpha value is -0.990. The van der Waals surface area contributed by atoms with Crippen LogP contribution in [0.5, 0.6) is 0 Å². The maximum atomic E-state index is 10.1. The van der Waals surface area contributed by atoms with Crippen molar-refractivity contribution < 1.29 is 14.3 Å². The minimum Gasteiger partial charge on any atom is -0.491 e. The number of hydrogen-bond donors (Lipinski definition) is 0. The second-order valence-corrected chi connectivity index (χ2v) is 1.74. The molecule has 0 bridgehead atoms. The maximum absolute atomic E-state index is 10.1. The first-order valence-corrected chi connectivity index (χ1v) is 2.76. The van der Waals surface area contributed by atoms with Gasteiger partial charge in [-0.2, -0.15) is 0 Å². The monoisotopic (exact) mass is 128 g/mol. The molecule has 0 unspecified atom stereocenters. The van der Waals surface area contributed by atoms with E-state index in [2.05, 4.69) is 0 Å². The first-order valence-electron chi connectivity index (χ1n) is 2.76. The summed E-state index contributed by atoms with van der Waals surface area (Å²) in [7, 11) is 0. The molecule has 0 atom stereocenters. The van der Waals surface area contributed by atoms with Gasteiger partial charge in [0, 0.05) is 0 Å². The van der Waals surface area contributed by atoms with Crippen LogP contribution in [0.25, 0.3) is 0 Å². The summed E-state index contributed by atoms with van der Waals surface area (Å²) in [4.78, 5) is 10.1. The normalized spacial score (nSPS) is 18.3. The van der Waals surface area contributed by atoms with Crippen LogP contribution >= 0.6 is 0 Å². The molecule has 0 aliphatic carbocycles. The van der Waals surface area contributed by atoms with Gasteiger partial charge in [0.1, 0.15) is 19.0 Å². The highest BCUT2D eigenvalue weighted by molar-refractivity contribution is 5.70. The fourth-order valence-electron chi connectivity index (χ4n) is 0.636. The van der Waals surface area contributed by atoms with Crippen molar-refractivity contribution in [1.82, 2.24) is 0 Å². The molecule has 9 heavy (non-hydrogen) atoms. The van der Waals surface area contributed by atoms with Crippen LogP contribution in [0.1, 0.15) is 6.92 Å². The molecule has 1 aliphatic heterocycles. The predicted octanol–water partition coefficient (Wildman–Crippen LogP) is 0.464. The number of rotatable bonds is 1. The van der Waals surface area contributed by atoms with Gasteiger partial charge in [0.15, 0.2) is 12.0 Å². The van der Waals surface area contributed by atoms with Crippen LogP contribution in [0.2, 0.25) is 0 Å². The first kappa shape index (κ1) is 6.13. The van der Waals surface area contributed by atoms with Crippen LogP contribution in [0.15, 0.2) is 11.5 Å². The van der Waals surface area contributed by atoms with Crippen molar-refractivity contribution in [3.05, 3.63) is 11.5 Å². The zero-order valence-electron chi connectivity index (χ0n) is 5.22. The van der Waals surface area contributed by atoms with Crippen LogP contribution in [0.4, 0.5) is 0 Å². The highest BCUT2D eigenvalue weighted by Crippen LogP contribution is 2.09. The molecule has 0 N–H and O–H groups in total. The highest BCUT2D eigenvalue weighted by Gasteiger charge is 2.08. The Labute approximate surface area is 53.3 Å². The Bertz CT molecular complexity index is 148. The van der Waals surface area contributed by atoms with Gasteiger partial charge in [0.25, 0.3) is 0 Å². The van der Waals surface area contributed by atoms with Crippen molar-refractivity contribution in [2.45, 2.75) is 6.92 Å². The second kappa shape index (κ2) is 2.53. The summed E-state index contributed by atoms with van der Waals surface area (Å²) in [5.74, 6) is 0.900. The molecule has 3 heteroatoms. The van der Waals surface area contributed by atoms with E-state index in [1.165, 1.54) is 0 Å². The third kappa shape index (κ3) is 1.22. The summed E-state index contributed by atoms with van der Waals surface area (Å²) >= 11 is 0. The van der Waals surface area contributed by atoms with Gasteiger partial charge in [0.05, 0.1) is 0 Å². The Morgan fingerprint density at radius 1 is 1.44 bits per heavy atom. The van der Waals surface area contributed by atoms with Crippen molar-refractivity contribution in [2.75, 3.05) is 13.2 Å². The van der Waals surface area contributed by atoms with E-state index in [-0.39, 0.29) is 0 Å². The average Bonchev–Trinajstić information content (AvgIpc) is 1.89. The summed E-state index contributed by atoms with van der Waals surface area (Å²) in [5, 5.41) is 0. The molecule has 0 aromatic rings. The first-order chi connectivity index (χ1) is 4.34. The SMILES string of the molecule is CC1=C(C=O)OCCO1.